The van der Waals surface area contributed by atoms with Crippen molar-refractivity contribution in [3.05, 3.63) is 11.8 Å². The number of fused-ring (bicyclic) bond motifs is 1. The Morgan fingerprint density at radius 3 is 2.67 bits per heavy atom. The molecule has 0 spiro atoms. The predicted molar refractivity (Wildman–Crippen MR) is 72.6 cm³/mol. The second kappa shape index (κ2) is 5.32. The highest BCUT2D eigenvalue weighted by Gasteiger charge is 2.39. The van der Waals surface area contributed by atoms with Gasteiger partial charge in [-0.3, -0.25) is 5.43 Å². The summed E-state index contributed by atoms with van der Waals surface area (Å²) in [6, 6.07) is 1.32. The summed E-state index contributed by atoms with van der Waals surface area (Å²) in [7, 11) is 0. The smallest absolute Gasteiger partial charge is 0.353 e. The van der Waals surface area contributed by atoms with Gasteiger partial charge in [-0.05, 0) is 25.2 Å². The van der Waals surface area contributed by atoms with E-state index >= 15 is 0 Å². The van der Waals surface area contributed by atoms with Crippen LogP contribution in [0.1, 0.15) is 37.8 Å². The van der Waals surface area contributed by atoms with Crippen molar-refractivity contribution in [3.63, 3.8) is 0 Å². The van der Waals surface area contributed by atoms with Crippen LogP contribution in [0.4, 0.5) is 24.9 Å². The first-order valence-electron chi connectivity index (χ1n) is 7.18. The first-order valence-corrected chi connectivity index (χ1v) is 7.18. The minimum Gasteiger partial charge on any atom is -0.353 e. The van der Waals surface area contributed by atoms with E-state index in [9.17, 15) is 13.2 Å². The number of alkyl halides is 3. The van der Waals surface area contributed by atoms with E-state index in [-0.39, 0.29) is 5.95 Å². The molecule has 0 aromatic carbocycles. The fourth-order valence-corrected chi connectivity index (χ4v) is 3.48. The molecule has 1 aromatic rings. The maximum absolute atomic E-state index is 12.9. The number of anilines is 2. The van der Waals surface area contributed by atoms with Gasteiger partial charge in [-0.2, -0.15) is 18.2 Å². The summed E-state index contributed by atoms with van der Waals surface area (Å²) in [5, 5.41) is 0. The van der Waals surface area contributed by atoms with Crippen LogP contribution in [0, 0.1) is 5.92 Å². The number of hydrogen-bond acceptors (Lipinski definition) is 5. The van der Waals surface area contributed by atoms with Gasteiger partial charge in [0.05, 0.1) is 0 Å². The lowest BCUT2D eigenvalue weighted by Gasteiger charge is -2.32. The molecule has 1 aliphatic carbocycles. The standard InChI is InChI=1S/C13H18F3N5/c14-13(15,16)10-7-11(19-12(18-10)20-17)21-6-5-8-3-1-2-4-9(8)21/h7-9H,1-6,17H2,(H,18,19,20). The first-order chi connectivity index (χ1) is 9.99. The Kier molecular flexibility index (Phi) is 3.64. The number of rotatable bonds is 2. The van der Waals surface area contributed by atoms with Gasteiger partial charge < -0.3 is 4.90 Å². The van der Waals surface area contributed by atoms with Gasteiger partial charge in [0.1, 0.15) is 5.82 Å². The Labute approximate surface area is 120 Å². The molecular formula is C13H18F3N5. The topological polar surface area (TPSA) is 67.1 Å². The maximum Gasteiger partial charge on any atom is 0.433 e. The number of hydrazine groups is 1. The molecular weight excluding hydrogens is 283 g/mol. The summed E-state index contributed by atoms with van der Waals surface area (Å²) >= 11 is 0. The summed E-state index contributed by atoms with van der Waals surface area (Å²) in [5.41, 5.74) is 1.17. The van der Waals surface area contributed by atoms with E-state index < -0.39 is 11.9 Å². The third-order valence-corrected chi connectivity index (χ3v) is 4.44. The third kappa shape index (κ3) is 2.76. The Morgan fingerprint density at radius 2 is 1.95 bits per heavy atom. The number of nitrogens with zero attached hydrogens (tertiary/aromatic N) is 3. The van der Waals surface area contributed by atoms with E-state index in [0.29, 0.717) is 17.8 Å². The van der Waals surface area contributed by atoms with Crippen molar-refractivity contribution in [1.82, 2.24) is 9.97 Å². The summed E-state index contributed by atoms with van der Waals surface area (Å²) < 4.78 is 38.8. The van der Waals surface area contributed by atoms with Crippen molar-refractivity contribution in [2.75, 3.05) is 16.9 Å². The van der Waals surface area contributed by atoms with E-state index in [0.717, 1.165) is 38.3 Å². The number of nitrogen functional groups attached to an aromatic ring is 1. The molecule has 2 heterocycles. The van der Waals surface area contributed by atoms with Gasteiger partial charge in [-0.1, -0.05) is 12.8 Å². The molecule has 1 saturated carbocycles. The van der Waals surface area contributed by atoms with E-state index in [4.69, 9.17) is 5.84 Å². The quantitative estimate of drug-likeness (QED) is 0.649. The van der Waals surface area contributed by atoms with Crippen LogP contribution in [0.2, 0.25) is 0 Å². The van der Waals surface area contributed by atoms with Gasteiger partial charge in [-0.25, -0.2) is 10.8 Å². The van der Waals surface area contributed by atoms with Crippen LogP contribution in [-0.4, -0.2) is 22.6 Å². The molecule has 1 aliphatic heterocycles. The average molecular weight is 301 g/mol. The van der Waals surface area contributed by atoms with Gasteiger partial charge in [0.2, 0.25) is 5.95 Å². The second-order valence-electron chi connectivity index (χ2n) is 5.67. The molecule has 5 nitrogen and oxygen atoms in total. The lowest BCUT2D eigenvalue weighted by Crippen LogP contribution is -2.35. The normalized spacial score (nSPS) is 25.8. The zero-order valence-electron chi connectivity index (χ0n) is 11.5. The molecule has 8 heteroatoms. The third-order valence-electron chi connectivity index (χ3n) is 4.44. The Morgan fingerprint density at radius 1 is 1.19 bits per heavy atom. The van der Waals surface area contributed by atoms with Crippen LogP contribution in [-0.2, 0) is 6.18 Å². The lowest BCUT2D eigenvalue weighted by atomic mass is 9.85. The fourth-order valence-electron chi connectivity index (χ4n) is 3.48. The van der Waals surface area contributed by atoms with Crippen molar-refractivity contribution in [1.29, 1.82) is 0 Å². The highest BCUT2D eigenvalue weighted by Crippen LogP contribution is 2.39. The molecule has 1 saturated heterocycles. The molecule has 2 unspecified atom stereocenters. The summed E-state index contributed by atoms with van der Waals surface area (Å²) in [6.45, 7) is 0.744. The van der Waals surface area contributed by atoms with E-state index in [1.807, 2.05) is 4.90 Å². The maximum atomic E-state index is 12.9. The SMILES string of the molecule is NNc1nc(N2CCC3CCCCC32)cc(C(F)(F)F)n1. The van der Waals surface area contributed by atoms with Crippen molar-refractivity contribution in [2.45, 2.75) is 44.3 Å². The largest absolute Gasteiger partial charge is 0.433 e. The lowest BCUT2D eigenvalue weighted by molar-refractivity contribution is -0.141. The molecule has 3 N–H and O–H groups in total. The molecule has 116 valence electrons. The minimum atomic E-state index is -4.50. The summed E-state index contributed by atoms with van der Waals surface area (Å²) in [5.74, 6) is 5.89. The van der Waals surface area contributed by atoms with Crippen LogP contribution >= 0.6 is 0 Å². The molecule has 21 heavy (non-hydrogen) atoms. The van der Waals surface area contributed by atoms with Gasteiger partial charge >= 0.3 is 6.18 Å². The van der Waals surface area contributed by atoms with Crippen LogP contribution in [0.3, 0.4) is 0 Å². The van der Waals surface area contributed by atoms with E-state index in [1.165, 1.54) is 6.42 Å². The Bertz CT molecular complexity index is 519. The monoisotopic (exact) mass is 301 g/mol. The highest BCUT2D eigenvalue weighted by molar-refractivity contribution is 5.47. The van der Waals surface area contributed by atoms with Crippen molar-refractivity contribution in [2.24, 2.45) is 11.8 Å². The van der Waals surface area contributed by atoms with E-state index in [2.05, 4.69) is 15.4 Å². The number of halogens is 3. The average Bonchev–Trinajstić information content (AvgIpc) is 2.89. The van der Waals surface area contributed by atoms with Gasteiger partial charge in [0, 0.05) is 18.7 Å². The van der Waals surface area contributed by atoms with Crippen molar-refractivity contribution < 1.29 is 13.2 Å². The summed E-state index contributed by atoms with van der Waals surface area (Å²) in [4.78, 5) is 9.50. The second-order valence-corrected chi connectivity index (χ2v) is 5.67. The molecule has 0 amide bonds. The highest BCUT2D eigenvalue weighted by atomic mass is 19.4. The molecule has 0 radical (unpaired) electrons. The molecule has 2 atom stereocenters. The molecule has 0 bridgehead atoms. The van der Waals surface area contributed by atoms with E-state index in [1.54, 1.807) is 0 Å². The summed E-state index contributed by atoms with van der Waals surface area (Å²) in [6.07, 6.45) is 1.01. The number of nitrogens with one attached hydrogen (secondary N) is 1. The molecule has 2 fully saturated rings. The first kappa shape index (κ1) is 14.4. The number of aromatic nitrogens is 2. The van der Waals surface area contributed by atoms with Crippen LogP contribution in [0.25, 0.3) is 0 Å². The van der Waals surface area contributed by atoms with Crippen LogP contribution in [0.15, 0.2) is 6.07 Å². The number of hydrogen-bond donors (Lipinski definition) is 2. The Hall–Kier alpha value is -1.57. The number of nitrogens with two attached hydrogens (primary N) is 1. The van der Waals surface area contributed by atoms with Crippen molar-refractivity contribution >= 4 is 11.8 Å². The van der Waals surface area contributed by atoms with Crippen molar-refractivity contribution in [3.8, 4) is 0 Å². The van der Waals surface area contributed by atoms with Gasteiger partial charge in [0.15, 0.2) is 5.69 Å². The van der Waals surface area contributed by atoms with Crippen LogP contribution < -0.4 is 16.2 Å². The van der Waals surface area contributed by atoms with Gasteiger partial charge in [-0.15, -0.1) is 0 Å². The van der Waals surface area contributed by atoms with Crippen LogP contribution in [0.5, 0.6) is 0 Å². The van der Waals surface area contributed by atoms with Gasteiger partial charge in [0.25, 0.3) is 0 Å². The Balaban J connectivity index is 1.94. The predicted octanol–water partition coefficient (Wildman–Crippen LogP) is 2.55. The molecule has 1 aromatic heterocycles. The molecule has 3 rings (SSSR count). The minimum absolute atomic E-state index is 0.195. The zero-order valence-corrected chi connectivity index (χ0v) is 11.5. The fraction of sp³-hybridized carbons (Fsp3) is 0.692. The zero-order chi connectivity index (χ0) is 15.0. The molecule has 2 aliphatic rings.